The third kappa shape index (κ3) is 9.35. The Morgan fingerprint density at radius 3 is 2.26 bits per heavy atom. The average Bonchev–Trinajstić information content (AvgIpc) is 2.81. The van der Waals surface area contributed by atoms with Crippen molar-refractivity contribution in [2.45, 2.75) is 40.0 Å². The van der Waals surface area contributed by atoms with Gasteiger partial charge in [-0.05, 0) is 60.4 Å². The van der Waals surface area contributed by atoms with Crippen LogP contribution in [0.2, 0.25) is 0 Å². The van der Waals surface area contributed by atoms with Crippen LogP contribution in [-0.2, 0) is 30.3 Å². The van der Waals surface area contributed by atoms with Crippen molar-refractivity contribution in [3.05, 3.63) is 58.1 Å². The predicted molar refractivity (Wildman–Crippen MR) is 133 cm³/mol. The first-order chi connectivity index (χ1) is 16.2. The van der Waals surface area contributed by atoms with E-state index in [-0.39, 0.29) is 24.7 Å². The summed E-state index contributed by atoms with van der Waals surface area (Å²) in [6.45, 7) is 5.76. The molecule has 0 saturated carbocycles. The lowest BCUT2D eigenvalue weighted by Gasteiger charge is -2.11. The third-order valence-electron chi connectivity index (χ3n) is 4.59. The van der Waals surface area contributed by atoms with Gasteiger partial charge in [0.25, 0.3) is 5.91 Å². The molecular formula is C25H29BrN2O6. The number of hydrogen-bond donors (Lipinski definition) is 2. The van der Waals surface area contributed by atoms with Crippen LogP contribution in [0.1, 0.15) is 49.5 Å². The van der Waals surface area contributed by atoms with Gasteiger partial charge in [0.15, 0.2) is 6.61 Å². The highest BCUT2D eigenvalue weighted by atomic mass is 79.9. The van der Waals surface area contributed by atoms with E-state index in [1.807, 2.05) is 32.9 Å². The summed E-state index contributed by atoms with van der Waals surface area (Å²) in [4.78, 5) is 48.0. The van der Waals surface area contributed by atoms with Gasteiger partial charge in [0.2, 0.25) is 5.91 Å². The molecular weight excluding hydrogens is 504 g/mol. The van der Waals surface area contributed by atoms with Crippen LogP contribution in [-0.4, -0.2) is 37.0 Å². The van der Waals surface area contributed by atoms with Gasteiger partial charge in [0, 0.05) is 22.3 Å². The summed E-state index contributed by atoms with van der Waals surface area (Å²) in [7, 11) is 0. The summed E-state index contributed by atoms with van der Waals surface area (Å²) < 4.78 is 11.0. The molecule has 2 aromatic carbocycles. The molecule has 0 heterocycles. The molecule has 0 saturated heterocycles. The monoisotopic (exact) mass is 532 g/mol. The number of esters is 2. The van der Waals surface area contributed by atoms with Crippen molar-refractivity contribution in [2.75, 3.05) is 23.8 Å². The van der Waals surface area contributed by atoms with Crippen LogP contribution >= 0.6 is 15.9 Å². The number of anilines is 2. The molecule has 0 aliphatic rings. The Kier molecular flexibility index (Phi) is 10.7. The number of amides is 2. The fraction of sp³-hybridized carbons (Fsp3) is 0.360. The molecule has 9 heteroatoms. The fourth-order valence-corrected chi connectivity index (χ4v) is 3.24. The lowest BCUT2D eigenvalue weighted by molar-refractivity contribution is -0.147. The SMILES string of the molecule is CCc1cc(Br)ccc1NC(=O)COC(=O)CCC(=O)Nc1ccc(C(=O)OCC(C)C)cc1. The zero-order valence-corrected chi connectivity index (χ0v) is 21.1. The maximum Gasteiger partial charge on any atom is 0.338 e. The Bertz CT molecular complexity index is 1020. The quantitative estimate of drug-likeness (QED) is 0.405. The standard InChI is InChI=1S/C25H29BrN2O6/c1-4-17-13-19(26)7-10-21(17)28-23(30)15-33-24(31)12-11-22(29)27-20-8-5-18(6-9-20)25(32)34-14-16(2)3/h5-10,13,16H,4,11-12,14-15H2,1-3H3,(H,27,29)(H,28,30). The van der Waals surface area contributed by atoms with E-state index in [9.17, 15) is 19.2 Å². The molecule has 0 bridgehead atoms. The summed E-state index contributed by atoms with van der Waals surface area (Å²) in [6.07, 6.45) is 0.456. The summed E-state index contributed by atoms with van der Waals surface area (Å²) in [6, 6.07) is 11.8. The Morgan fingerprint density at radius 2 is 1.62 bits per heavy atom. The lowest BCUT2D eigenvalue weighted by Crippen LogP contribution is -2.22. The molecule has 0 spiro atoms. The third-order valence-corrected chi connectivity index (χ3v) is 5.09. The van der Waals surface area contributed by atoms with E-state index in [1.165, 1.54) is 0 Å². The first-order valence-corrected chi connectivity index (χ1v) is 11.8. The van der Waals surface area contributed by atoms with E-state index in [4.69, 9.17) is 9.47 Å². The van der Waals surface area contributed by atoms with Gasteiger partial charge in [-0.2, -0.15) is 0 Å². The van der Waals surface area contributed by atoms with E-state index in [0.29, 0.717) is 23.5 Å². The molecule has 2 N–H and O–H groups in total. The van der Waals surface area contributed by atoms with Crippen molar-refractivity contribution in [3.8, 4) is 0 Å². The second-order valence-electron chi connectivity index (χ2n) is 7.98. The van der Waals surface area contributed by atoms with Crippen LogP contribution in [0.15, 0.2) is 46.9 Å². The number of carbonyl (C=O) groups is 4. The van der Waals surface area contributed by atoms with E-state index >= 15 is 0 Å². The van der Waals surface area contributed by atoms with Gasteiger partial charge in [-0.1, -0.05) is 36.7 Å². The van der Waals surface area contributed by atoms with E-state index in [0.717, 1.165) is 16.5 Å². The van der Waals surface area contributed by atoms with Crippen LogP contribution in [0, 0.1) is 5.92 Å². The number of ether oxygens (including phenoxy) is 2. The first-order valence-electron chi connectivity index (χ1n) is 11.0. The van der Waals surface area contributed by atoms with Gasteiger partial charge >= 0.3 is 11.9 Å². The number of benzene rings is 2. The summed E-state index contributed by atoms with van der Waals surface area (Å²) >= 11 is 3.39. The topological polar surface area (TPSA) is 111 Å². The first kappa shape index (κ1) is 27.0. The zero-order chi connectivity index (χ0) is 25.1. The number of halogens is 1. The lowest BCUT2D eigenvalue weighted by atomic mass is 10.1. The minimum atomic E-state index is -0.653. The number of nitrogens with one attached hydrogen (secondary N) is 2. The number of carbonyl (C=O) groups excluding carboxylic acids is 4. The predicted octanol–water partition coefficient (Wildman–Crippen LogP) is 4.72. The van der Waals surface area contributed by atoms with Crippen molar-refractivity contribution < 1.29 is 28.7 Å². The minimum absolute atomic E-state index is 0.106. The van der Waals surface area contributed by atoms with Crippen molar-refractivity contribution >= 4 is 51.1 Å². The average molecular weight is 533 g/mol. The fourth-order valence-electron chi connectivity index (χ4n) is 2.84. The second-order valence-corrected chi connectivity index (χ2v) is 8.90. The Labute approximate surface area is 207 Å². The molecule has 2 rings (SSSR count). The van der Waals surface area contributed by atoms with Crippen molar-refractivity contribution in [1.82, 2.24) is 0 Å². The molecule has 0 unspecified atom stereocenters. The normalized spacial score (nSPS) is 10.5. The highest BCUT2D eigenvalue weighted by Gasteiger charge is 2.13. The molecule has 0 aliphatic heterocycles. The molecule has 8 nitrogen and oxygen atoms in total. The number of hydrogen-bond acceptors (Lipinski definition) is 6. The summed E-state index contributed by atoms with van der Waals surface area (Å²) in [5.74, 6) is -1.69. The van der Waals surface area contributed by atoms with Gasteiger partial charge in [-0.25, -0.2) is 4.79 Å². The van der Waals surface area contributed by atoms with Gasteiger partial charge in [0.1, 0.15) is 0 Å². The van der Waals surface area contributed by atoms with Crippen molar-refractivity contribution in [3.63, 3.8) is 0 Å². The molecule has 0 fully saturated rings. The number of aryl methyl sites for hydroxylation is 1. The largest absolute Gasteiger partial charge is 0.462 e. The van der Waals surface area contributed by atoms with Crippen molar-refractivity contribution in [2.24, 2.45) is 5.92 Å². The smallest absolute Gasteiger partial charge is 0.338 e. The van der Waals surface area contributed by atoms with Gasteiger partial charge < -0.3 is 20.1 Å². The van der Waals surface area contributed by atoms with Gasteiger partial charge in [0.05, 0.1) is 18.6 Å². The van der Waals surface area contributed by atoms with Crippen LogP contribution in [0.4, 0.5) is 11.4 Å². The summed E-state index contributed by atoms with van der Waals surface area (Å²) in [5.41, 5.74) is 2.48. The molecule has 2 aromatic rings. The second kappa shape index (κ2) is 13.5. The molecule has 0 aromatic heterocycles. The van der Waals surface area contributed by atoms with E-state index in [2.05, 4.69) is 26.6 Å². The molecule has 0 radical (unpaired) electrons. The van der Waals surface area contributed by atoms with Crippen LogP contribution in [0.25, 0.3) is 0 Å². The molecule has 2 amide bonds. The van der Waals surface area contributed by atoms with Crippen molar-refractivity contribution in [1.29, 1.82) is 0 Å². The van der Waals surface area contributed by atoms with Crippen LogP contribution < -0.4 is 10.6 Å². The maximum atomic E-state index is 12.1. The molecule has 0 aliphatic carbocycles. The minimum Gasteiger partial charge on any atom is -0.462 e. The van der Waals surface area contributed by atoms with Crippen LogP contribution in [0.5, 0.6) is 0 Å². The Morgan fingerprint density at radius 1 is 0.912 bits per heavy atom. The van der Waals surface area contributed by atoms with Gasteiger partial charge in [-0.3, -0.25) is 14.4 Å². The van der Waals surface area contributed by atoms with E-state index in [1.54, 1.807) is 30.3 Å². The summed E-state index contributed by atoms with van der Waals surface area (Å²) in [5, 5.41) is 5.36. The Hall–Kier alpha value is -3.20. The molecule has 182 valence electrons. The zero-order valence-electron chi connectivity index (χ0n) is 19.5. The van der Waals surface area contributed by atoms with Crippen LogP contribution in [0.3, 0.4) is 0 Å². The molecule has 0 atom stereocenters. The Balaban J connectivity index is 1.72. The van der Waals surface area contributed by atoms with E-state index < -0.39 is 24.5 Å². The maximum absolute atomic E-state index is 12.1. The highest BCUT2D eigenvalue weighted by molar-refractivity contribution is 9.10. The highest BCUT2D eigenvalue weighted by Crippen LogP contribution is 2.21. The van der Waals surface area contributed by atoms with Gasteiger partial charge in [-0.15, -0.1) is 0 Å². The molecule has 34 heavy (non-hydrogen) atoms. The number of rotatable bonds is 11.